The number of carbonyl (C=O) groups is 2. The maximum absolute atomic E-state index is 11.1. The van der Waals surface area contributed by atoms with E-state index in [0.29, 0.717) is 13.1 Å². The summed E-state index contributed by atoms with van der Waals surface area (Å²) in [6, 6.07) is -1.55. The molecule has 1 rings (SSSR count). The van der Waals surface area contributed by atoms with Crippen LogP contribution in [0, 0.1) is 0 Å². The molecule has 4 amide bonds. The lowest BCUT2D eigenvalue weighted by atomic mass is 10.2. The highest BCUT2D eigenvalue weighted by Gasteiger charge is 2.18. The summed E-state index contributed by atoms with van der Waals surface area (Å²) >= 11 is 0. The van der Waals surface area contributed by atoms with Gasteiger partial charge in [0.25, 0.3) is 0 Å². The summed E-state index contributed by atoms with van der Waals surface area (Å²) in [4.78, 5) is 22.1. The molecule has 0 radical (unpaired) electrons. The summed E-state index contributed by atoms with van der Waals surface area (Å²) in [7, 11) is 0. The van der Waals surface area contributed by atoms with Crippen molar-refractivity contribution in [3.63, 3.8) is 0 Å². The number of hydrogen-bond donors (Lipinski definition) is 3. The molecule has 1 aliphatic heterocycles. The number of nitrogens with one attached hydrogen (secondary N) is 2. The van der Waals surface area contributed by atoms with Crippen LogP contribution in [0.3, 0.4) is 0 Å². The zero-order valence-electron chi connectivity index (χ0n) is 7.95. The van der Waals surface area contributed by atoms with E-state index in [0.717, 1.165) is 25.7 Å². The van der Waals surface area contributed by atoms with E-state index in [-0.39, 0.29) is 5.06 Å². The lowest BCUT2D eigenvalue weighted by Crippen LogP contribution is -2.46. The van der Waals surface area contributed by atoms with Crippen LogP contribution in [0.2, 0.25) is 0 Å². The minimum atomic E-state index is -0.774. The van der Waals surface area contributed by atoms with Crippen LogP contribution < -0.4 is 10.6 Å². The van der Waals surface area contributed by atoms with Crippen LogP contribution in [0.25, 0.3) is 0 Å². The van der Waals surface area contributed by atoms with Gasteiger partial charge in [0.2, 0.25) is 0 Å². The lowest BCUT2D eigenvalue weighted by Gasteiger charge is -2.13. The number of carbonyl (C=O) groups excluding carboxylic acids is 2. The van der Waals surface area contributed by atoms with Crippen LogP contribution >= 0.6 is 0 Å². The molecule has 1 fully saturated rings. The predicted molar refractivity (Wildman–Crippen MR) is 48.9 cm³/mol. The Hall–Kier alpha value is -1.30. The molecule has 0 aliphatic carbocycles. The van der Waals surface area contributed by atoms with Crippen molar-refractivity contribution < 1.29 is 14.8 Å². The molecule has 1 aliphatic rings. The summed E-state index contributed by atoms with van der Waals surface area (Å²) in [5.74, 6) is 0. The second kappa shape index (κ2) is 5.43. The average molecular weight is 201 g/mol. The van der Waals surface area contributed by atoms with Gasteiger partial charge in [0, 0.05) is 13.1 Å². The molecular formula is C8H15N3O3. The first-order valence-electron chi connectivity index (χ1n) is 4.76. The summed E-state index contributed by atoms with van der Waals surface area (Å²) in [6.45, 7) is 0.979. The van der Waals surface area contributed by atoms with Gasteiger partial charge in [-0.2, -0.15) is 0 Å². The van der Waals surface area contributed by atoms with Gasteiger partial charge in [0.1, 0.15) is 0 Å². The van der Waals surface area contributed by atoms with Crippen molar-refractivity contribution in [2.45, 2.75) is 25.7 Å². The SMILES string of the molecule is O=C1NCCCCCCNC(=O)N1O. The second-order valence-electron chi connectivity index (χ2n) is 3.19. The van der Waals surface area contributed by atoms with Gasteiger partial charge in [-0.05, 0) is 12.8 Å². The average Bonchev–Trinajstić information content (AvgIpc) is 2.21. The highest BCUT2D eigenvalue weighted by atomic mass is 16.5. The molecule has 1 saturated heterocycles. The van der Waals surface area contributed by atoms with Gasteiger partial charge in [0.05, 0.1) is 0 Å². The number of nitrogens with zero attached hydrogens (tertiary/aromatic N) is 1. The van der Waals surface area contributed by atoms with Gasteiger partial charge >= 0.3 is 12.1 Å². The molecule has 0 saturated carbocycles. The Kier molecular flexibility index (Phi) is 4.18. The standard InChI is InChI=1S/C8H15N3O3/c12-7-9-5-3-1-2-4-6-10-8(13)11(7)14/h14H,1-6H2,(H,9,12)(H,10,13). The fourth-order valence-corrected chi connectivity index (χ4v) is 1.24. The van der Waals surface area contributed by atoms with Crippen LogP contribution in [0.15, 0.2) is 0 Å². The van der Waals surface area contributed by atoms with Gasteiger partial charge in [-0.1, -0.05) is 12.8 Å². The van der Waals surface area contributed by atoms with E-state index in [1.165, 1.54) is 0 Å². The number of imide groups is 1. The second-order valence-corrected chi connectivity index (χ2v) is 3.19. The highest BCUT2D eigenvalue weighted by Crippen LogP contribution is 1.99. The summed E-state index contributed by atoms with van der Waals surface area (Å²) in [5, 5.41) is 14.0. The molecule has 0 aromatic carbocycles. The Morgan fingerprint density at radius 3 is 1.79 bits per heavy atom. The smallest absolute Gasteiger partial charge is 0.336 e. The first kappa shape index (κ1) is 10.8. The Morgan fingerprint density at radius 1 is 0.929 bits per heavy atom. The molecule has 6 heteroatoms. The molecule has 0 aromatic heterocycles. The van der Waals surface area contributed by atoms with Crippen LogP contribution in [0.4, 0.5) is 9.59 Å². The zero-order chi connectivity index (χ0) is 10.4. The molecule has 80 valence electrons. The molecule has 0 unspecified atom stereocenters. The van der Waals surface area contributed by atoms with Crippen LogP contribution in [-0.2, 0) is 0 Å². The Morgan fingerprint density at radius 2 is 1.36 bits per heavy atom. The Bertz CT molecular complexity index is 198. The number of hydroxylamine groups is 2. The minimum absolute atomic E-state index is 0.0747. The fraction of sp³-hybridized carbons (Fsp3) is 0.750. The Labute approximate surface area is 82.2 Å². The van der Waals surface area contributed by atoms with Crippen LogP contribution in [-0.4, -0.2) is 35.4 Å². The highest BCUT2D eigenvalue weighted by molar-refractivity contribution is 5.91. The van der Waals surface area contributed by atoms with Crippen molar-refractivity contribution in [2.24, 2.45) is 0 Å². The van der Waals surface area contributed by atoms with Gasteiger partial charge in [-0.3, -0.25) is 5.21 Å². The molecule has 6 nitrogen and oxygen atoms in total. The normalized spacial score (nSPS) is 20.8. The van der Waals surface area contributed by atoms with Crippen LogP contribution in [0.5, 0.6) is 0 Å². The summed E-state index contributed by atoms with van der Waals surface area (Å²) < 4.78 is 0. The van der Waals surface area contributed by atoms with Crippen molar-refractivity contribution in [2.75, 3.05) is 13.1 Å². The fourth-order valence-electron chi connectivity index (χ4n) is 1.24. The van der Waals surface area contributed by atoms with E-state index in [1.54, 1.807) is 0 Å². The third-order valence-electron chi connectivity index (χ3n) is 2.04. The van der Waals surface area contributed by atoms with Gasteiger partial charge < -0.3 is 10.6 Å². The molecule has 1 heterocycles. The molecule has 0 spiro atoms. The third kappa shape index (κ3) is 3.21. The monoisotopic (exact) mass is 201 g/mol. The van der Waals surface area contributed by atoms with Crippen molar-refractivity contribution >= 4 is 12.1 Å². The number of hydrogen-bond acceptors (Lipinski definition) is 3. The van der Waals surface area contributed by atoms with Gasteiger partial charge in [-0.15, -0.1) is 5.06 Å². The number of amides is 4. The summed E-state index contributed by atoms with van der Waals surface area (Å²) in [6.07, 6.45) is 3.77. The molecule has 3 N–H and O–H groups in total. The summed E-state index contributed by atoms with van der Waals surface area (Å²) in [5.41, 5.74) is 0. The Balaban J connectivity index is 2.48. The zero-order valence-corrected chi connectivity index (χ0v) is 7.95. The first-order chi connectivity index (χ1) is 6.72. The quantitative estimate of drug-likeness (QED) is 0.504. The maximum atomic E-state index is 11.1. The van der Waals surface area contributed by atoms with E-state index in [2.05, 4.69) is 10.6 Å². The topological polar surface area (TPSA) is 81.7 Å². The van der Waals surface area contributed by atoms with E-state index < -0.39 is 12.1 Å². The van der Waals surface area contributed by atoms with E-state index >= 15 is 0 Å². The molecule has 0 aromatic rings. The van der Waals surface area contributed by atoms with Crippen molar-refractivity contribution in [3.05, 3.63) is 0 Å². The van der Waals surface area contributed by atoms with Gasteiger partial charge in [0.15, 0.2) is 0 Å². The lowest BCUT2D eigenvalue weighted by molar-refractivity contribution is -0.00261. The number of urea groups is 2. The maximum Gasteiger partial charge on any atom is 0.350 e. The molecule has 0 atom stereocenters. The van der Waals surface area contributed by atoms with Crippen molar-refractivity contribution in [1.29, 1.82) is 0 Å². The largest absolute Gasteiger partial charge is 0.350 e. The first-order valence-corrected chi connectivity index (χ1v) is 4.76. The van der Waals surface area contributed by atoms with E-state index in [1.807, 2.05) is 0 Å². The van der Waals surface area contributed by atoms with Crippen molar-refractivity contribution in [3.8, 4) is 0 Å². The third-order valence-corrected chi connectivity index (χ3v) is 2.04. The van der Waals surface area contributed by atoms with E-state index in [9.17, 15) is 9.59 Å². The minimum Gasteiger partial charge on any atom is -0.336 e. The predicted octanol–water partition coefficient (Wildman–Crippen LogP) is 0.671. The van der Waals surface area contributed by atoms with Crippen LogP contribution in [0.1, 0.15) is 25.7 Å². The molecular weight excluding hydrogens is 186 g/mol. The molecule has 14 heavy (non-hydrogen) atoms. The molecule has 0 bridgehead atoms. The van der Waals surface area contributed by atoms with E-state index in [4.69, 9.17) is 5.21 Å². The van der Waals surface area contributed by atoms with Gasteiger partial charge in [-0.25, -0.2) is 9.59 Å². The number of rotatable bonds is 0. The van der Waals surface area contributed by atoms with Crippen molar-refractivity contribution in [1.82, 2.24) is 15.7 Å².